The minimum absolute atomic E-state index is 0.0520. The van der Waals surface area contributed by atoms with Gasteiger partial charge in [-0.05, 0) is 24.3 Å². The lowest BCUT2D eigenvalue weighted by Gasteiger charge is -2.34. The molecule has 0 radical (unpaired) electrons. The van der Waals surface area contributed by atoms with Crippen LogP contribution in [0, 0.1) is 0 Å². The molecule has 1 N–H and O–H groups in total. The molecule has 10 heteroatoms. The van der Waals surface area contributed by atoms with Gasteiger partial charge in [0.25, 0.3) is 15.9 Å². The lowest BCUT2D eigenvalue weighted by molar-refractivity contribution is -0.127. The van der Waals surface area contributed by atoms with Crippen LogP contribution in [-0.4, -0.2) is 42.8 Å². The average Bonchev–Trinajstić information content (AvgIpc) is 3.15. The number of fused-ring (bicyclic) bond motifs is 2. The summed E-state index contributed by atoms with van der Waals surface area (Å²) >= 11 is 0.953. The molecule has 2 aromatic carbocycles. The number of sulfonamides is 1. The summed E-state index contributed by atoms with van der Waals surface area (Å²) in [5, 5.41) is 2.50. The lowest BCUT2D eigenvalue weighted by atomic mass is 10.2. The highest BCUT2D eigenvalue weighted by Crippen LogP contribution is 2.37. The maximum Gasteiger partial charge on any atom is 0.266 e. The Morgan fingerprint density at radius 1 is 1.23 bits per heavy atom. The van der Waals surface area contributed by atoms with Crippen molar-refractivity contribution in [3.8, 4) is 5.75 Å². The van der Waals surface area contributed by atoms with E-state index in [0.717, 1.165) is 11.7 Å². The number of rotatable bonds is 3. The highest BCUT2D eigenvalue weighted by molar-refractivity contribution is 7.93. The van der Waals surface area contributed by atoms with E-state index in [1.807, 2.05) is 0 Å². The normalized spacial score (nSPS) is 16.8. The molecule has 0 unspecified atom stereocenters. The van der Waals surface area contributed by atoms with Gasteiger partial charge in [-0.15, -0.1) is 0 Å². The monoisotopic (exact) mass is 390 g/mol. The summed E-state index contributed by atoms with van der Waals surface area (Å²) in [6.07, 6.45) is -0.947. The van der Waals surface area contributed by atoms with E-state index in [-0.39, 0.29) is 11.4 Å². The van der Waals surface area contributed by atoms with Crippen molar-refractivity contribution in [2.24, 2.45) is 0 Å². The van der Waals surface area contributed by atoms with Crippen LogP contribution in [0.4, 0.5) is 5.69 Å². The highest BCUT2D eigenvalue weighted by Gasteiger charge is 2.38. The largest absolute Gasteiger partial charge is 0.476 e. The third kappa shape index (κ3) is 2.58. The Labute approximate surface area is 153 Å². The number of likely N-dealkylation sites (N-methyl/N-ethyl adjacent to an activating group) is 1. The van der Waals surface area contributed by atoms with Crippen molar-refractivity contribution in [3.05, 3.63) is 42.5 Å². The Morgan fingerprint density at radius 3 is 2.85 bits per heavy atom. The number of para-hydroxylation sites is 2. The molecule has 1 aliphatic rings. The predicted molar refractivity (Wildman–Crippen MR) is 96.9 cm³/mol. The lowest BCUT2D eigenvalue weighted by Crippen LogP contribution is -2.50. The molecule has 1 aliphatic heterocycles. The summed E-state index contributed by atoms with van der Waals surface area (Å²) in [5.74, 6) is -0.0623. The fourth-order valence-corrected chi connectivity index (χ4v) is 5.07. The van der Waals surface area contributed by atoms with E-state index < -0.39 is 22.0 Å². The maximum atomic E-state index is 13.4. The smallest absolute Gasteiger partial charge is 0.266 e. The number of nitrogens with one attached hydrogen (secondary N) is 1. The number of anilines is 1. The minimum atomic E-state index is -3.97. The third-order valence-corrected chi connectivity index (χ3v) is 6.44. The molecule has 1 aromatic heterocycles. The first-order valence-electron chi connectivity index (χ1n) is 7.73. The molecule has 0 saturated heterocycles. The first-order chi connectivity index (χ1) is 12.5. The summed E-state index contributed by atoms with van der Waals surface area (Å²) in [4.78, 5) is 12.1. The van der Waals surface area contributed by atoms with Crippen LogP contribution >= 0.6 is 11.7 Å². The van der Waals surface area contributed by atoms with E-state index in [1.165, 1.54) is 17.4 Å². The zero-order valence-electron chi connectivity index (χ0n) is 13.6. The molecule has 0 bridgehead atoms. The van der Waals surface area contributed by atoms with E-state index >= 15 is 0 Å². The number of aromatic nitrogens is 2. The SMILES string of the molecule is CNC(=O)[C@H]1CN(S(=O)(=O)c2cccc3nsnc23)c2ccccc2O1. The number of hydrogen-bond donors (Lipinski definition) is 1. The number of carbonyl (C=O) groups is 1. The molecule has 2 heterocycles. The van der Waals surface area contributed by atoms with Crippen LogP contribution in [0.15, 0.2) is 47.4 Å². The van der Waals surface area contributed by atoms with Crippen LogP contribution in [0.2, 0.25) is 0 Å². The second kappa shape index (κ2) is 6.22. The van der Waals surface area contributed by atoms with E-state index in [9.17, 15) is 13.2 Å². The van der Waals surface area contributed by atoms with Gasteiger partial charge in [0.05, 0.1) is 24.0 Å². The van der Waals surface area contributed by atoms with E-state index in [4.69, 9.17) is 4.74 Å². The molecule has 26 heavy (non-hydrogen) atoms. The van der Waals surface area contributed by atoms with Crippen molar-refractivity contribution in [1.29, 1.82) is 0 Å². The second-order valence-electron chi connectivity index (χ2n) is 5.61. The van der Waals surface area contributed by atoms with Crippen molar-refractivity contribution in [1.82, 2.24) is 14.1 Å². The Hall–Kier alpha value is -2.72. The zero-order chi connectivity index (χ0) is 18.3. The van der Waals surface area contributed by atoms with Crippen LogP contribution in [0.5, 0.6) is 5.75 Å². The van der Waals surface area contributed by atoms with Gasteiger partial charge >= 0.3 is 0 Å². The summed E-state index contributed by atoms with van der Waals surface area (Å²) < 4.78 is 41.9. The third-order valence-electron chi connectivity index (χ3n) is 4.09. The highest BCUT2D eigenvalue weighted by atomic mass is 32.2. The Balaban J connectivity index is 1.87. The molecule has 4 rings (SSSR count). The molecule has 0 aliphatic carbocycles. The number of carbonyl (C=O) groups excluding carboxylic acids is 1. The quantitative estimate of drug-likeness (QED) is 0.725. The number of benzene rings is 2. The number of nitrogens with zero attached hydrogens (tertiary/aromatic N) is 3. The van der Waals surface area contributed by atoms with E-state index in [2.05, 4.69) is 14.1 Å². The molecule has 0 saturated carbocycles. The molecule has 0 fully saturated rings. The molecule has 134 valence electrons. The summed E-state index contributed by atoms with van der Waals surface area (Å²) in [5.41, 5.74) is 1.21. The summed E-state index contributed by atoms with van der Waals surface area (Å²) in [7, 11) is -2.49. The maximum absolute atomic E-state index is 13.4. The van der Waals surface area contributed by atoms with Gasteiger partial charge in [0.1, 0.15) is 21.7 Å². The summed E-state index contributed by atoms with van der Waals surface area (Å²) in [6.45, 7) is -0.132. The number of hydrogen-bond acceptors (Lipinski definition) is 7. The Morgan fingerprint density at radius 2 is 2.04 bits per heavy atom. The molecular formula is C16H14N4O4S2. The molecule has 3 aromatic rings. The van der Waals surface area contributed by atoms with Crippen molar-refractivity contribution < 1.29 is 17.9 Å². The van der Waals surface area contributed by atoms with Crippen LogP contribution < -0.4 is 14.4 Å². The predicted octanol–water partition coefficient (Wildman–Crippen LogP) is 1.39. The number of ether oxygens (including phenoxy) is 1. The van der Waals surface area contributed by atoms with Gasteiger partial charge in [-0.25, -0.2) is 8.42 Å². The van der Waals surface area contributed by atoms with Crippen molar-refractivity contribution in [2.45, 2.75) is 11.0 Å². The fourth-order valence-electron chi connectivity index (χ4n) is 2.84. The first-order valence-corrected chi connectivity index (χ1v) is 9.90. The van der Waals surface area contributed by atoms with E-state index in [0.29, 0.717) is 22.5 Å². The number of amides is 1. The minimum Gasteiger partial charge on any atom is -0.476 e. The zero-order valence-corrected chi connectivity index (χ0v) is 15.3. The Bertz CT molecular complexity index is 1100. The molecule has 1 atom stereocenters. The van der Waals surface area contributed by atoms with Gasteiger partial charge in [0.2, 0.25) is 0 Å². The summed E-state index contributed by atoms with van der Waals surface area (Å²) in [6, 6.07) is 11.5. The van der Waals surface area contributed by atoms with Gasteiger partial charge in [-0.2, -0.15) is 8.75 Å². The van der Waals surface area contributed by atoms with Crippen molar-refractivity contribution >= 4 is 44.4 Å². The fraction of sp³-hybridized carbons (Fsp3) is 0.188. The first kappa shape index (κ1) is 16.7. The van der Waals surface area contributed by atoms with Gasteiger partial charge in [0.15, 0.2) is 6.10 Å². The van der Waals surface area contributed by atoms with Crippen LogP contribution in [-0.2, 0) is 14.8 Å². The van der Waals surface area contributed by atoms with Crippen LogP contribution in [0.25, 0.3) is 11.0 Å². The Kier molecular flexibility index (Phi) is 4.00. The van der Waals surface area contributed by atoms with Crippen molar-refractivity contribution in [3.63, 3.8) is 0 Å². The topological polar surface area (TPSA) is 101 Å². The van der Waals surface area contributed by atoms with E-state index in [1.54, 1.807) is 36.4 Å². The molecular weight excluding hydrogens is 376 g/mol. The average molecular weight is 390 g/mol. The van der Waals surface area contributed by atoms with Gasteiger partial charge in [-0.3, -0.25) is 9.10 Å². The molecule has 8 nitrogen and oxygen atoms in total. The second-order valence-corrected chi connectivity index (χ2v) is 7.97. The van der Waals surface area contributed by atoms with Gasteiger partial charge in [-0.1, -0.05) is 18.2 Å². The van der Waals surface area contributed by atoms with Crippen molar-refractivity contribution in [2.75, 3.05) is 17.9 Å². The molecule has 1 amide bonds. The van der Waals surface area contributed by atoms with Gasteiger partial charge in [0, 0.05) is 7.05 Å². The van der Waals surface area contributed by atoms with Gasteiger partial charge < -0.3 is 10.1 Å². The van der Waals surface area contributed by atoms with Crippen LogP contribution in [0.1, 0.15) is 0 Å². The van der Waals surface area contributed by atoms with Crippen LogP contribution in [0.3, 0.4) is 0 Å². The standard InChI is InChI=1S/C16H14N4O4S2/c1-17-16(21)13-9-20(11-6-2-3-7-12(11)24-13)26(22,23)14-8-4-5-10-15(14)19-25-18-10/h2-8,13H,9H2,1H3,(H,17,21)/t13-/m1/s1. The molecule has 0 spiro atoms.